The zero-order valence-corrected chi connectivity index (χ0v) is 16.9. The fraction of sp³-hybridized carbons (Fsp3) is 0.261. The summed E-state index contributed by atoms with van der Waals surface area (Å²) in [4.78, 5) is 21.9. The second-order valence-corrected chi connectivity index (χ2v) is 7.24. The highest BCUT2D eigenvalue weighted by Crippen LogP contribution is 2.32. The van der Waals surface area contributed by atoms with Crippen LogP contribution in [0.5, 0.6) is 5.75 Å². The van der Waals surface area contributed by atoms with Gasteiger partial charge in [-0.1, -0.05) is 18.2 Å². The summed E-state index contributed by atoms with van der Waals surface area (Å²) in [5, 5.41) is 6.58. The Morgan fingerprint density at radius 2 is 1.79 bits per heavy atom. The van der Waals surface area contributed by atoms with E-state index in [1.54, 1.807) is 7.11 Å². The first-order valence-corrected chi connectivity index (χ1v) is 9.73. The summed E-state index contributed by atoms with van der Waals surface area (Å²) in [6, 6.07) is 13.7. The van der Waals surface area contributed by atoms with E-state index in [2.05, 4.69) is 46.6 Å². The zero-order chi connectivity index (χ0) is 20.4. The van der Waals surface area contributed by atoms with Gasteiger partial charge in [0.25, 0.3) is 0 Å². The van der Waals surface area contributed by atoms with Crippen molar-refractivity contribution in [2.45, 2.75) is 33.1 Å². The van der Waals surface area contributed by atoms with Gasteiger partial charge in [-0.3, -0.25) is 4.79 Å². The molecule has 0 unspecified atom stereocenters. The second-order valence-electron chi connectivity index (χ2n) is 7.24. The van der Waals surface area contributed by atoms with Gasteiger partial charge < -0.3 is 15.4 Å². The Labute approximate surface area is 170 Å². The highest BCUT2D eigenvalue weighted by atomic mass is 16.5. The molecule has 0 radical (unpaired) electrons. The number of hydrogen-bond acceptors (Lipinski definition) is 6. The van der Waals surface area contributed by atoms with E-state index in [-0.39, 0.29) is 5.78 Å². The predicted molar refractivity (Wildman–Crippen MR) is 115 cm³/mol. The number of benzene rings is 2. The highest BCUT2D eigenvalue weighted by molar-refractivity contribution is 6.03. The first kappa shape index (κ1) is 18.9. The lowest BCUT2D eigenvalue weighted by Crippen LogP contribution is -2.18. The number of ketones is 1. The summed E-state index contributed by atoms with van der Waals surface area (Å²) in [6.45, 7) is 4.15. The molecule has 6 nitrogen and oxygen atoms in total. The predicted octanol–water partition coefficient (Wildman–Crippen LogP) is 5.11. The number of methoxy groups -OCH3 is 1. The van der Waals surface area contributed by atoms with E-state index in [1.165, 1.54) is 11.1 Å². The highest BCUT2D eigenvalue weighted by Gasteiger charge is 2.25. The van der Waals surface area contributed by atoms with E-state index in [9.17, 15) is 4.79 Å². The average molecular weight is 388 g/mol. The van der Waals surface area contributed by atoms with Crippen LogP contribution in [0.4, 0.5) is 23.1 Å². The number of carbonyl (C=O) groups excluding carboxylic acids is 1. The maximum atomic E-state index is 12.6. The van der Waals surface area contributed by atoms with Crippen molar-refractivity contribution >= 4 is 28.9 Å². The molecule has 0 atom stereocenters. The summed E-state index contributed by atoms with van der Waals surface area (Å²) in [5.41, 5.74) is 5.44. The lowest BCUT2D eigenvalue weighted by Gasteiger charge is -2.20. The van der Waals surface area contributed by atoms with Crippen LogP contribution < -0.4 is 15.4 Å². The van der Waals surface area contributed by atoms with Gasteiger partial charge in [0.05, 0.1) is 24.1 Å². The van der Waals surface area contributed by atoms with E-state index in [0.717, 1.165) is 29.9 Å². The number of carbonyl (C=O) groups is 1. The number of ether oxygens (including phenoxy) is 1. The molecular weight excluding hydrogens is 364 g/mol. The number of para-hydroxylation sites is 2. The monoisotopic (exact) mass is 388 g/mol. The molecule has 0 aliphatic heterocycles. The Morgan fingerprint density at radius 1 is 0.966 bits per heavy atom. The number of fused-ring (bicyclic) bond motifs is 1. The minimum absolute atomic E-state index is 0.0707. The second kappa shape index (κ2) is 7.91. The van der Waals surface area contributed by atoms with Crippen molar-refractivity contribution in [2.75, 3.05) is 17.7 Å². The molecule has 29 heavy (non-hydrogen) atoms. The van der Waals surface area contributed by atoms with Crippen molar-refractivity contribution in [2.24, 2.45) is 0 Å². The molecule has 2 N–H and O–H groups in total. The fourth-order valence-corrected chi connectivity index (χ4v) is 3.49. The maximum Gasteiger partial charge on any atom is 0.229 e. The van der Waals surface area contributed by atoms with Crippen LogP contribution in [0.3, 0.4) is 0 Å². The molecule has 2 aromatic carbocycles. The Morgan fingerprint density at radius 3 is 2.59 bits per heavy atom. The van der Waals surface area contributed by atoms with E-state index in [0.29, 0.717) is 29.5 Å². The molecule has 0 saturated heterocycles. The van der Waals surface area contributed by atoms with Gasteiger partial charge >= 0.3 is 0 Å². The number of nitrogens with zero attached hydrogens (tertiary/aromatic N) is 2. The van der Waals surface area contributed by atoms with Crippen molar-refractivity contribution in [3.63, 3.8) is 0 Å². The molecule has 1 aliphatic carbocycles. The van der Waals surface area contributed by atoms with Crippen molar-refractivity contribution in [1.82, 2.24) is 9.97 Å². The van der Waals surface area contributed by atoms with Crippen LogP contribution in [-0.2, 0) is 6.42 Å². The minimum atomic E-state index is 0.0707. The Balaban J connectivity index is 1.75. The molecule has 1 aromatic heterocycles. The van der Waals surface area contributed by atoms with Gasteiger partial charge in [-0.25, -0.2) is 4.98 Å². The smallest absolute Gasteiger partial charge is 0.229 e. The SMILES string of the molecule is COc1ccccc1Nc1nc(Nc2ccc(C)c(C)c2)nc2c1C(=O)CCC2. The van der Waals surface area contributed by atoms with Crippen LogP contribution in [0.25, 0.3) is 0 Å². The van der Waals surface area contributed by atoms with Crippen molar-refractivity contribution in [1.29, 1.82) is 0 Å². The fourth-order valence-electron chi connectivity index (χ4n) is 3.49. The van der Waals surface area contributed by atoms with Crippen LogP contribution in [0.1, 0.15) is 40.0 Å². The van der Waals surface area contributed by atoms with Gasteiger partial charge in [-0.15, -0.1) is 0 Å². The lowest BCUT2D eigenvalue weighted by atomic mass is 9.95. The van der Waals surface area contributed by atoms with Gasteiger partial charge in [0, 0.05) is 12.1 Å². The third kappa shape index (κ3) is 3.92. The van der Waals surface area contributed by atoms with Crippen LogP contribution >= 0.6 is 0 Å². The summed E-state index contributed by atoms with van der Waals surface area (Å²) >= 11 is 0. The summed E-state index contributed by atoms with van der Waals surface area (Å²) in [5.74, 6) is 1.74. The third-order valence-corrected chi connectivity index (χ3v) is 5.20. The number of hydrogen-bond donors (Lipinski definition) is 2. The van der Waals surface area contributed by atoms with Crippen LogP contribution in [0, 0.1) is 13.8 Å². The van der Waals surface area contributed by atoms with Crippen molar-refractivity contribution < 1.29 is 9.53 Å². The minimum Gasteiger partial charge on any atom is -0.495 e. The van der Waals surface area contributed by atoms with Crippen molar-refractivity contribution in [3.8, 4) is 5.75 Å². The number of anilines is 4. The van der Waals surface area contributed by atoms with E-state index in [4.69, 9.17) is 4.74 Å². The maximum absolute atomic E-state index is 12.6. The molecule has 0 amide bonds. The molecule has 1 heterocycles. The summed E-state index contributed by atoms with van der Waals surface area (Å²) in [7, 11) is 1.62. The molecular formula is C23H24N4O2. The summed E-state index contributed by atoms with van der Waals surface area (Å²) in [6.07, 6.45) is 2.08. The van der Waals surface area contributed by atoms with E-state index >= 15 is 0 Å². The largest absolute Gasteiger partial charge is 0.495 e. The Kier molecular flexibility index (Phi) is 5.16. The average Bonchev–Trinajstić information content (AvgIpc) is 2.71. The zero-order valence-electron chi connectivity index (χ0n) is 16.9. The van der Waals surface area contributed by atoms with Gasteiger partial charge in [-0.2, -0.15) is 4.98 Å². The molecule has 4 rings (SSSR count). The molecule has 148 valence electrons. The number of nitrogens with one attached hydrogen (secondary N) is 2. The Hall–Kier alpha value is -3.41. The number of Topliss-reactive ketones (excluding diaryl/α,β-unsaturated/α-hetero) is 1. The van der Waals surface area contributed by atoms with Gasteiger partial charge in [-0.05, 0) is 62.1 Å². The normalized spacial score (nSPS) is 13.0. The van der Waals surface area contributed by atoms with Crippen molar-refractivity contribution in [3.05, 3.63) is 64.8 Å². The molecule has 1 aliphatic rings. The van der Waals surface area contributed by atoms with E-state index in [1.807, 2.05) is 30.3 Å². The quantitative estimate of drug-likeness (QED) is 0.633. The Bertz CT molecular complexity index is 1080. The summed E-state index contributed by atoms with van der Waals surface area (Å²) < 4.78 is 5.43. The first-order valence-electron chi connectivity index (χ1n) is 9.73. The first-order chi connectivity index (χ1) is 14.0. The molecule has 0 saturated carbocycles. The van der Waals surface area contributed by atoms with Gasteiger partial charge in [0.15, 0.2) is 5.78 Å². The standard InChI is InChI=1S/C23H24N4O2/c1-14-11-12-16(13-15(14)2)24-23-26-18-8-6-9-19(28)21(18)22(27-23)25-17-7-4-5-10-20(17)29-3/h4-5,7,10-13H,6,8-9H2,1-3H3,(H2,24,25,26,27). The molecule has 3 aromatic rings. The lowest BCUT2D eigenvalue weighted by molar-refractivity contribution is 0.0972. The molecule has 0 spiro atoms. The molecule has 0 fully saturated rings. The topological polar surface area (TPSA) is 76.1 Å². The molecule has 0 bridgehead atoms. The van der Waals surface area contributed by atoms with Crippen LogP contribution in [-0.4, -0.2) is 22.9 Å². The van der Waals surface area contributed by atoms with Crippen LogP contribution in [0.15, 0.2) is 42.5 Å². The van der Waals surface area contributed by atoms with Crippen LogP contribution in [0.2, 0.25) is 0 Å². The van der Waals surface area contributed by atoms with Gasteiger partial charge in [0.2, 0.25) is 5.95 Å². The number of rotatable bonds is 5. The van der Waals surface area contributed by atoms with E-state index < -0.39 is 0 Å². The number of aromatic nitrogens is 2. The number of aryl methyl sites for hydroxylation is 3. The molecule has 6 heteroatoms. The third-order valence-electron chi connectivity index (χ3n) is 5.20. The van der Waals surface area contributed by atoms with Gasteiger partial charge in [0.1, 0.15) is 11.6 Å².